The molecular formula is C16H12Cl4IN3OS. The van der Waals surface area contributed by atoms with Crippen LogP contribution < -0.4 is 16.0 Å². The van der Waals surface area contributed by atoms with Gasteiger partial charge in [0.15, 0.2) is 5.11 Å². The number of amides is 1. The van der Waals surface area contributed by atoms with Crippen LogP contribution in [0, 0.1) is 3.57 Å². The lowest BCUT2D eigenvalue weighted by atomic mass is 10.2. The molecule has 0 aromatic heterocycles. The number of rotatable bonds is 4. The van der Waals surface area contributed by atoms with Crippen molar-refractivity contribution in [1.29, 1.82) is 0 Å². The van der Waals surface area contributed by atoms with Crippen molar-refractivity contribution >= 4 is 97.9 Å². The largest absolute Gasteiger partial charge is 0.339 e. The highest BCUT2D eigenvalue weighted by Gasteiger charge is 2.34. The molecule has 138 valence electrons. The van der Waals surface area contributed by atoms with E-state index in [-0.39, 0.29) is 5.11 Å². The van der Waals surface area contributed by atoms with Gasteiger partial charge >= 0.3 is 0 Å². The maximum absolute atomic E-state index is 12.4. The molecule has 3 N–H and O–H groups in total. The molecule has 0 aliphatic carbocycles. The van der Waals surface area contributed by atoms with Crippen molar-refractivity contribution in [1.82, 2.24) is 10.6 Å². The fourth-order valence-corrected chi connectivity index (χ4v) is 2.90. The number of halogens is 5. The second kappa shape index (κ2) is 9.61. The highest BCUT2D eigenvalue weighted by atomic mass is 127. The average Bonchev–Trinajstić information content (AvgIpc) is 2.56. The zero-order valence-electron chi connectivity index (χ0n) is 12.9. The molecule has 0 aliphatic rings. The molecule has 10 heteroatoms. The SMILES string of the molecule is O=C(NC(NC(=S)Nc1ccc(I)cc1)C(Cl)(Cl)Cl)c1ccc(Cl)cc1. The summed E-state index contributed by atoms with van der Waals surface area (Å²) in [5, 5.41) is 9.07. The van der Waals surface area contributed by atoms with Crippen LogP contribution >= 0.6 is 81.2 Å². The summed E-state index contributed by atoms with van der Waals surface area (Å²) in [6.45, 7) is 0. The molecule has 26 heavy (non-hydrogen) atoms. The summed E-state index contributed by atoms with van der Waals surface area (Å²) in [4.78, 5) is 12.4. The Morgan fingerprint density at radius 3 is 2.12 bits per heavy atom. The van der Waals surface area contributed by atoms with Crippen molar-refractivity contribution in [3.63, 3.8) is 0 Å². The number of thiocarbonyl (C=S) groups is 1. The summed E-state index contributed by atoms with van der Waals surface area (Å²) < 4.78 is -0.749. The Kier molecular flexibility index (Phi) is 8.06. The Morgan fingerprint density at radius 2 is 1.58 bits per heavy atom. The van der Waals surface area contributed by atoms with Crippen LogP contribution in [-0.4, -0.2) is 21.0 Å². The van der Waals surface area contributed by atoms with Gasteiger partial charge in [-0.3, -0.25) is 4.79 Å². The first kappa shape index (κ1) is 21.8. The first-order valence-corrected chi connectivity index (χ1v) is 10.1. The molecule has 0 bridgehead atoms. The quantitative estimate of drug-likeness (QED) is 0.203. The molecule has 0 fully saturated rings. The molecule has 0 saturated heterocycles. The number of alkyl halides is 3. The van der Waals surface area contributed by atoms with Gasteiger partial charge in [0.2, 0.25) is 3.79 Å². The van der Waals surface area contributed by atoms with E-state index in [1.807, 2.05) is 24.3 Å². The summed E-state index contributed by atoms with van der Waals surface area (Å²) in [6, 6.07) is 13.9. The molecule has 1 amide bonds. The van der Waals surface area contributed by atoms with Crippen LogP contribution in [0.25, 0.3) is 0 Å². The van der Waals surface area contributed by atoms with Crippen LogP contribution in [0.4, 0.5) is 5.69 Å². The van der Waals surface area contributed by atoms with E-state index in [0.29, 0.717) is 10.6 Å². The summed E-state index contributed by atoms with van der Waals surface area (Å²) in [5.41, 5.74) is 1.13. The van der Waals surface area contributed by atoms with Crippen molar-refractivity contribution in [2.75, 3.05) is 5.32 Å². The van der Waals surface area contributed by atoms with Crippen LogP contribution in [0.5, 0.6) is 0 Å². The number of nitrogens with one attached hydrogen (secondary N) is 3. The van der Waals surface area contributed by atoms with Gasteiger partial charge < -0.3 is 16.0 Å². The van der Waals surface area contributed by atoms with Crippen LogP contribution in [0.15, 0.2) is 48.5 Å². The van der Waals surface area contributed by atoms with E-state index in [1.54, 1.807) is 24.3 Å². The van der Waals surface area contributed by atoms with Gasteiger partial charge in [-0.25, -0.2) is 0 Å². The third-order valence-electron chi connectivity index (χ3n) is 3.09. The van der Waals surface area contributed by atoms with E-state index < -0.39 is 15.9 Å². The second-order valence-electron chi connectivity index (χ2n) is 5.06. The molecule has 2 aromatic rings. The third-order valence-corrected chi connectivity index (χ3v) is 4.93. The maximum atomic E-state index is 12.4. The Hall–Kier alpha value is -0.510. The minimum atomic E-state index is -1.83. The molecule has 0 aliphatic heterocycles. The standard InChI is InChI=1S/C16H12Cl4IN3OS/c17-10-3-1-9(2-4-10)13(25)23-14(16(18,19)20)24-15(26)22-12-7-5-11(21)6-8-12/h1-8,14H,(H,23,25)(H2,22,24,26). The molecule has 1 unspecified atom stereocenters. The van der Waals surface area contributed by atoms with E-state index in [0.717, 1.165) is 9.26 Å². The van der Waals surface area contributed by atoms with Crippen molar-refractivity contribution in [3.05, 3.63) is 62.7 Å². The Balaban J connectivity index is 2.04. The van der Waals surface area contributed by atoms with Gasteiger partial charge in [-0.15, -0.1) is 0 Å². The lowest BCUT2D eigenvalue weighted by Gasteiger charge is -2.27. The molecule has 4 nitrogen and oxygen atoms in total. The van der Waals surface area contributed by atoms with Gasteiger partial charge in [-0.05, 0) is 83.3 Å². The predicted octanol–water partition coefficient (Wildman–Crippen LogP) is 5.36. The number of carbonyl (C=O) groups is 1. The Bertz CT molecular complexity index is 782. The van der Waals surface area contributed by atoms with Crippen LogP contribution in [0.2, 0.25) is 5.02 Å². The van der Waals surface area contributed by atoms with Gasteiger partial charge in [0.1, 0.15) is 6.17 Å². The molecule has 1 atom stereocenters. The molecule has 2 rings (SSSR count). The van der Waals surface area contributed by atoms with Crippen molar-refractivity contribution < 1.29 is 4.79 Å². The van der Waals surface area contributed by atoms with Crippen LogP contribution in [0.1, 0.15) is 10.4 Å². The topological polar surface area (TPSA) is 53.2 Å². The summed E-state index contributed by atoms with van der Waals surface area (Å²) in [5.74, 6) is -0.442. The van der Waals surface area contributed by atoms with Crippen molar-refractivity contribution in [2.24, 2.45) is 0 Å². The molecule has 0 spiro atoms. The number of anilines is 1. The number of hydrogen-bond donors (Lipinski definition) is 3. The Labute approximate surface area is 190 Å². The lowest BCUT2D eigenvalue weighted by Crippen LogP contribution is -2.56. The van der Waals surface area contributed by atoms with Crippen LogP contribution in [0.3, 0.4) is 0 Å². The molecule has 0 heterocycles. The minimum absolute atomic E-state index is 0.193. The van der Waals surface area contributed by atoms with Gasteiger partial charge in [0.05, 0.1) is 0 Å². The number of hydrogen-bond acceptors (Lipinski definition) is 2. The maximum Gasteiger partial charge on any atom is 0.252 e. The molecule has 0 saturated carbocycles. The number of carbonyl (C=O) groups excluding carboxylic acids is 1. The average molecular weight is 563 g/mol. The molecule has 2 aromatic carbocycles. The van der Waals surface area contributed by atoms with E-state index >= 15 is 0 Å². The predicted molar refractivity (Wildman–Crippen MR) is 122 cm³/mol. The van der Waals surface area contributed by atoms with Crippen molar-refractivity contribution in [3.8, 4) is 0 Å². The van der Waals surface area contributed by atoms with E-state index in [4.69, 9.17) is 58.6 Å². The van der Waals surface area contributed by atoms with Crippen LogP contribution in [-0.2, 0) is 0 Å². The Morgan fingerprint density at radius 1 is 1.00 bits per heavy atom. The number of benzene rings is 2. The normalized spacial score (nSPS) is 12.2. The van der Waals surface area contributed by atoms with Gasteiger partial charge in [0.25, 0.3) is 5.91 Å². The van der Waals surface area contributed by atoms with Crippen molar-refractivity contribution in [2.45, 2.75) is 9.96 Å². The van der Waals surface area contributed by atoms with Gasteiger partial charge in [0, 0.05) is 19.8 Å². The van der Waals surface area contributed by atoms with E-state index in [2.05, 4.69) is 38.5 Å². The summed E-state index contributed by atoms with van der Waals surface area (Å²) in [6.07, 6.45) is -1.06. The fraction of sp³-hybridized carbons (Fsp3) is 0.125. The lowest BCUT2D eigenvalue weighted by molar-refractivity contribution is 0.0934. The third kappa shape index (κ3) is 6.90. The molecule has 0 radical (unpaired) electrons. The smallest absolute Gasteiger partial charge is 0.252 e. The zero-order chi connectivity index (χ0) is 19.3. The van der Waals surface area contributed by atoms with E-state index in [9.17, 15) is 4.79 Å². The zero-order valence-corrected chi connectivity index (χ0v) is 18.9. The first-order valence-electron chi connectivity index (χ1n) is 7.11. The summed E-state index contributed by atoms with van der Waals surface area (Å²) in [7, 11) is 0. The molecular weight excluding hydrogens is 551 g/mol. The highest BCUT2D eigenvalue weighted by molar-refractivity contribution is 14.1. The van der Waals surface area contributed by atoms with Gasteiger partial charge in [-0.2, -0.15) is 0 Å². The highest BCUT2D eigenvalue weighted by Crippen LogP contribution is 2.29. The first-order chi connectivity index (χ1) is 12.1. The van der Waals surface area contributed by atoms with Gasteiger partial charge in [-0.1, -0.05) is 46.4 Å². The second-order valence-corrected chi connectivity index (χ2v) is 9.52. The monoisotopic (exact) mass is 561 g/mol. The summed E-state index contributed by atoms with van der Waals surface area (Å²) >= 11 is 31.1. The van der Waals surface area contributed by atoms with E-state index in [1.165, 1.54) is 0 Å². The minimum Gasteiger partial charge on any atom is -0.339 e. The fourth-order valence-electron chi connectivity index (χ4n) is 1.85.